The Hall–Kier alpha value is -7.98. The fourth-order valence-corrected chi connectivity index (χ4v) is 7.96. The number of aromatic hydroxyl groups is 1. The molecule has 0 saturated carbocycles. The number of pyridine rings is 2. The Kier molecular flexibility index (Phi) is 10.8. The second-order valence-electron chi connectivity index (χ2n) is 15.0. The fraction of sp³-hybridized carbons (Fsp3) is 0.268. The van der Waals surface area contributed by atoms with Crippen LogP contribution in [0.4, 0.5) is 22.7 Å². The first kappa shape index (κ1) is 43.1. The van der Waals surface area contributed by atoms with Gasteiger partial charge in [-0.1, -0.05) is 13.5 Å². The molecule has 0 radical (unpaired) electrons. The Balaban J connectivity index is 0.000000201. The number of methoxy groups -OCH3 is 1. The zero-order valence-corrected chi connectivity index (χ0v) is 34.0. The number of rotatable bonds is 10. The highest BCUT2D eigenvalue weighted by Crippen LogP contribution is 2.54. The number of nitrogens with zero attached hydrogens (tertiary/aromatic N) is 7. The van der Waals surface area contributed by atoms with Gasteiger partial charge < -0.3 is 28.8 Å². The average Bonchev–Trinajstić information content (AvgIpc) is 3.75. The van der Waals surface area contributed by atoms with Crippen LogP contribution in [0.15, 0.2) is 59.9 Å². The monoisotopic (exact) mass is 865 g/mol. The average molecular weight is 866 g/mol. The molecule has 3 aliphatic rings. The van der Waals surface area contributed by atoms with E-state index in [0.29, 0.717) is 41.1 Å². The first-order valence-electron chi connectivity index (χ1n) is 18.9. The van der Waals surface area contributed by atoms with Crippen molar-refractivity contribution in [1.29, 1.82) is 0 Å². The second-order valence-corrected chi connectivity index (χ2v) is 15.0. The minimum Gasteiger partial charge on any atom is -0.508 e. The summed E-state index contributed by atoms with van der Waals surface area (Å²) in [6.07, 6.45) is -0.826. The van der Waals surface area contributed by atoms with E-state index in [9.17, 15) is 59.9 Å². The number of phenols is 1. The Morgan fingerprint density at radius 2 is 1.54 bits per heavy atom. The summed E-state index contributed by atoms with van der Waals surface area (Å²) in [5.74, 6) is -1.27. The minimum atomic E-state index is -1.77. The molecule has 8 rings (SSSR count). The number of non-ortho nitro benzene ring substituents is 2. The van der Waals surface area contributed by atoms with Crippen LogP contribution in [0, 0.1) is 40.5 Å². The molecular formula is C41H35N7O15. The van der Waals surface area contributed by atoms with Crippen LogP contribution in [0.25, 0.3) is 39.0 Å². The van der Waals surface area contributed by atoms with Gasteiger partial charge in [-0.05, 0) is 57.3 Å². The maximum Gasteiger partial charge on any atom is 0.355 e. The van der Waals surface area contributed by atoms with E-state index in [1.54, 1.807) is 29.7 Å². The molecule has 1 aliphatic carbocycles. The van der Waals surface area contributed by atoms with Gasteiger partial charge in [0, 0.05) is 59.0 Å². The molecule has 0 spiro atoms. The molecule has 0 bridgehead atoms. The summed E-state index contributed by atoms with van der Waals surface area (Å²) >= 11 is 0. The lowest BCUT2D eigenvalue weighted by Gasteiger charge is -2.36. The van der Waals surface area contributed by atoms with E-state index >= 15 is 0 Å². The first-order valence-corrected chi connectivity index (χ1v) is 18.9. The van der Waals surface area contributed by atoms with Gasteiger partial charge in [0.2, 0.25) is 5.60 Å². The number of ether oxygens (including phenoxy) is 3. The molecule has 4 heterocycles. The molecule has 63 heavy (non-hydrogen) atoms. The number of carbonyl (C=O) groups is 2. The summed E-state index contributed by atoms with van der Waals surface area (Å²) in [7, 11) is 5.21. The van der Waals surface area contributed by atoms with Gasteiger partial charge in [0.15, 0.2) is 6.10 Å². The summed E-state index contributed by atoms with van der Waals surface area (Å²) in [5.41, 5.74) is -1.30. The molecule has 1 unspecified atom stereocenters. The van der Waals surface area contributed by atoms with Crippen LogP contribution in [-0.2, 0) is 49.1 Å². The van der Waals surface area contributed by atoms with Gasteiger partial charge in [0.05, 0.1) is 72.0 Å². The number of esters is 2. The molecule has 0 amide bonds. The van der Waals surface area contributed by atoms with E-state index in [1.165, 1.54) is 14.0 Å². The Labute approximate surface area is 354 Å². The van der Waals surface area contributed by atoms with Crippen LogP contribution in [-0.4, -0.2) is 78.5 Å². The van der Waals surface area contributed by atoms with Crippen molar-refractivity contribution in [3.05, 3.63) is 139 Å². The van der Waals surface area contributed by atoms with Crippen LogP contribution in [0.1, 0.15) is 53.6 Å². The largest absolute Gasteiger partial charge is 0.508 e. The van der Waals surface area contributed by atoms with Crippen molar-refractivity contribution in [1.82, 2.24) is 14.5 Å². The standard InChI is InChI=1S/C27H29N3O7.C14H6N4O8/c1-6-27(37-25(33)14(2)35-5)19-10-21-23-15(11-30(21)24(32)18(19)13-36-26(27)34)9-16-17(12-29(3)4)22(31)8-7-20(16)28-23;1-6-9-2-7(15(19)20)4-11(17(23)24)13(9)14-10(6)3-8(16(21)22)5-12(14)18(25)26/h7-10,14,31H,6,11-13H2,1-5H3;2-5H,1H2/t14?,27-;/m0./s1. The fourth-order valence-electron chi connectivity index (χ4n) is 7.96. The van der Waals surface area contributed by atoms with Crippen molar-refractivity contribution in [2.24, 2.45) is 0 Å². The smallest absolute Gasteiger partial charge is 0.355 e. The van der Waals surface area contributed by atoms with Crippen LogP contribution < -0.4 is 5.56 Å². The maximum atomic E-state index is 13.7. The molecule has 0 saturated heterocycles. The minimum absolute atomic E-state index is 0.00593. The maximum absolute atomic E-state index is 13.7. The molecule has 22 heteroatoms. The predicted octanol–water partition coefficient (Wildman–Crippen LogP) is 5.79. The van der Waals surface area contributed by atoms with Crippen LogP contribution >= 0.6 is 0 Å². The molecule has 1 N–H and O–H groups in total. The number of hydrogen-bond acceptors (Lipinski definition) is 17. The highest BCUT2D eigenvalue weighted by molar-refractivity contribution is 6.07. The number of benzene rings is 3. The third kappa shape index (κ3) is 7.05. The number of aromatic nitrogens is 2. The van der Waals surface area contributed by atoms with Crippen molar-refractivity contribution >= 4 is 51.2 Å². The topological polar surface area (TPSA) is 293 Å². The number of fused-ring (bicyclic) bond motifs is 8. The molecule has 324 valence electrons. The van der Waals surface area contributed by atoms with Crippen LogP contribution in [0.5, 0.6) is 5.75 Å². The number of cyclic esters (lactones) is 1. The SMILES string of the molecule is C=C1c2cc([N+](=O)[O-])cc([N+](=O)[O-])c2-c2c1cc([N+](=O)[O-])cc2[N+](=O)[O-].CC[C@@]1(OC(=O)C(C)OC)C(=O)OCc2c1cc1n(c2=O)Cc2cc3c(CN(C)C)c(O)ccc3nc2-1. The van der Waals surface area contributed by atoms with Gasteiger partial charge in [-0.3, -0.25) is 45.3 Å². The first-order chi connectivity index (χ1) is 29.7. The number of hydrogen-bond donors (Lipinski definition) is 1. The highest BCUT2D eigenvalue weighted by atomic mass is 16.6. The molecular weight excluding hydrogens is 830 g/mol. The Morgan fingerprint density at radius 1 is 0.952 bits per heavy atom. The Bertz CT molecular complexity index is 2900. The van der Waals surface area contributed by atoms with Crippen molar-refractivity contribution in [2.45, 2.75) is 51.7 Å². The second kappa shape index (κ2) is 15.8. The van der Waals surface area contributed by atoms with E-state index < -0.39 is 66.1 Å². The lowest BCUT2D eigenvalue weighted by Crippen LogP contribution is -2.48. The van der Waals surface area contributed by atoms with E-state index in [1.807, 2.05) is 25.1 Å². The summed E-state index contributed by atoms with van der Waals surface area (Å²) in [6.45, 7) is 7.46. The molecule has 5 aromatic rings. The van der Waals surface area contributed by atoms with Gasteiger partial charge in [0.25, 0.3) is 28.3 Å². The highest BCUT2D eigenvalue weighted by Gasteiger charge is 2.51. The summed E-state index contributed by atoms with van der Waals surface area (Å²) < 4.78 is 17.7. The number of nitro groups is 4. The van der Waals surface area contributed by atoms with Gasteiger partial charge in [-0.15, -0.1) is 0 Å². The normalized spacial score (nSPS) is 15.8. The Morgan fingerprint density at radius 3 is 2.05 bits per heavy atom. The molecule has 2 aromatic heterocycles. The third-order valence-electron chi connectivity index (χ3n) is 11.1. The van der Waals surface area contributed by atoms with E-state index in [2.05, 4.69) is 6.58 Å². The van der Waals surface area contributed by atoms with E-state index in [-0.39, 0.29) is 64.3 Å². The number of carbonyl (C=O) groups excluding carboxylic acids is 2. The van der Waals surface area contributed by atoms with Gasteiger partial charge in [0.1, 0.15) is 12.4 Å². The van der Waals surface area contributed by atoms with Gasteiger partial charge in [-0.25, -0.2) is 14.6 Å². The summed E-state index contributed by atoms with van der Waals surface area (Å²) in [4.78, 5) is 87.5. The lowest BCUT2D eigenvalue weighted by atomic mass is 9.85. The predicted molar refractivity (Wildman–Crippen MR) is 221 cm³/mol. The molecule has 2 atom stereocenters. The van der Waals surface area contributed by atoms with Crippen LogP contribution in [0.2, 0.25) is 0 Å². The van der Waals surface area contributed by atoms with Crippen molar-refractivity contribution in [3.63, 3.8) is 0 Å². The van der Waals surface area contributed by atoms with Gasteiger partial charge in [-0.2, -0.15) is 0 Å². The lowest BCUT2D eigenvalue weighted by molar-refractivity contribution is -0.395. The van der Waals surface area contributed by atoms with Crippen molar-refractivity contribution < 1.29 is 48.6 Å². The zero-order chi connectivity index (χ0) is 46.0. The number of phenolic OH excluding ortho intramolecular Hbond substituents is 1. The quantitative estimate of drug-likeness (QED) is 0.0965. The molecule has 0 fully saturated rings. The summed E-state index contributed by atoms with van der Waals surface area (Å²) in [5, 5.41) is 56.1. The molecule has 3 aromatic carbocycles. The molecule has 2 aliphatic heterocycles. The van der Waals surface area contributed by atoms with Crippen molar-refractivity contribution in [2.75, 3.05) is 21.2 Å². The van der Waals surface area contributed by atoms with Crippen LogP contribution in [0.3, 0.4) is 0 Å². The molecule has 22 nitrogen and oxygen atoms in total. The zero-order valence-electron chi connectivity index (χ0n) is 34.0. The van der Waals surface area contributed by atoms with E-state index in [4.69, 9.17) is 19.2 Å². The third-order valence-corrected chi connectivity index (χ3v) is 11.1. The summed E-state index contributed by atoms with van der Waals surface area (Å²) in [6, 6.07) is 10.4. The van der Waals surface area contributed by atoms with E-state index in [0.717, 1.165) is 28.6 Å². The number of nitro benzene ring substituents is 4. The van der Waals surface area contributed by atoms with Gasteiger partial charge >= 0.3 is 11.9 Å². The van der Waals surface area contributed by atoms with Crippen molar-refractivity contribution in [3.8, 4) is 28.3 Å².